The van der Waals surface area contributed by atoms with Crippen molar-refractivity contribution in [3.05, 3.63) is 34.1 Å². The van der Waals surface area contributed by atoms with Gasteiger partial charge < -0.3 is 10.6 Å². The average molecular weight is 293 g/mol. The maximum absolute atomic E-state index is 13.1. The van der Waals surface area contributed by atoms with Crippen LogP contribution < -0.4 is 10.6 Å². The molecule has 112 valence electrons. The number of nitrogens with zero attached hydrogens (tertiary/aromatic N) is 1. The van der Waals surface area contributed by atoms with E-state index in [0.29, 0.717) is 0 Å². The van der Waals surface area contributed by atoms with Crippen molar-refractivity contribution in [3.8, 4) is 0 Å². The molecule has 1 heterocycles. The van der Waals surface area contributed by atoms with Gasteiger partial charge in [-0.25, -0.2) is 4.39 Å². The van der Waals surface area contributed by atoms with Gasteiger partial charge in [0.15, 0.2) is 0 Å². The Hall–Kier alpha value is -2.02. The molecule has 6 nitrogen and oxygen atoms in total. The Morgan fingerprint density at radius 1 is 1.43 bits per heavy atom. The van der Waals surface area contributed by atoms with Gasteiger partial charge in [0.25, 0.3) is 5.69 Å². The number of carbonyl (C=O) groups excluding carboxylic acids is 1. The summed E-state index contributed by atoms with van der Waals surface area (Å²) in [6, 6.07) is 3.17. The molecule has 1 spiro atoms. The quantitative estimate of drug-likeness (QED) is 0.660. The lowest BCUT2D eigenvalue weighted by atomic mass is 9.92. The van der Waals surface area contributed by atoms with Crippen LogP contribution >= 0.6 is 0 Å². The van der Waals surface area contributed by atoms with Gasteiger partial charge >= 0.3 is 0 Å². The molecule has 1 aromatic rings. The zero-order valence-electron chi connectivity index (χ0n) is 11.4. The van der Waals surface area contributed by atoms with Crippen molar-refractivity contribution < 1.29 is 14.1 Å². The minimum Gasteiger partial charge on any atom is -0.320 e. The highest BCUT2D eigenvalue weighted by molar-refractivity contribution is 5.96. The second-order valence-corrected chi connectivity index (χ2v) is 5.78. The molecule has 1 saturated carbocycles. The number of hydrogen-bond donors (Lipinski definition) is 2. The highest BCUT2D eigenvalue weighted by atomic mass is 19.1. The van der Waals surface area contributed by atoms with E-state index in [-0.39, 0.29) is 22.9 Å². The second kappa shape index (κ2) is 5.07. The van der Waals surface area contributed by atoms with Gasteiger partial charge in [-0.05, 0) is 49.9 Å². The lowest BCUT2D eigenvalue weighted by Crippen LogP contribution is -2.31. The predicted molar refractivity (Wildman–Crippen MR) is 74.3 cm³/mol. The smallest absolute Gasteiger partial charge is 0.295 e. The van der Waals surface area contributed by atoms with Gasteiger partial charge in [-0.2, -0.15) is 0 Å². The summed E-state index contributed by atoms with van der Waals surface area (Å²) >= 11 is 0. The number of anilines is 1. The van der Waals surface area contributed by atoms with Crippen LogP contribution in [0.1, 0.15) is 19.3 Å². The lowest BCUT2D eigenvalue weighted by Gasteiger charge is -2.23. The maximum atomic E-state index is 13.1. The molecule has 0 bridgehead atoms. The molecule has 1 saturated heterocycles. The zero-order chi connectivity index (χ0) is 15.0. The van der Waals surface area contributed by atoms with E-state index in [9.17, 15) is 19.3 Å². The Morgan fingerprint density at radius 2 is 2.14 bits per heavy atom. The number of hydrogen-bond acceptors (Lipinski definition) is 4. The monoisotopic (exact) mass is 293 g/mol. The van der Waals surface area contributed by atoms with Gasteiger partial charge in [0.2, 0.25) is 5.91 Å². The fraction of sp³-hybridized carbons (Fsp3) is 0.500. The highest BCUT2D eigenvalue weighted by Crippen LogP contribution is 2.58. The van der Waals surface area contributed by atoms with Gasteiger partial charge in [-0.15, -0.1) is 0 Å². The van der Waals surface area contributed by atoms with E-state index in [1.165, 1.54) is 6.07 Å². The van der Waals surface area contributed by atoms with Crippen molar-refractivity contribution in [1.82, 2.24) is 5.32 Å². The molecule has 1 aromatic carbocycles. The summed E-state index contributed by atoms with van der Waals surface area (Å²) in [7, 11) is 0. The molecule has 3 rings (SSSR count). The van der Waals surface area contributed by atoms with Crippen LogP contribution in [-0.4, -0.2) is 23.9 Å². The molecule has 1 unspecified atom stereocenters. The number of amides is 1. The Labute approximate surface area is 120 Å². The zero-order valence-corrected chi connectivity index (χ0v) is 11.4. The molecule has 7 heteroatoms. The summed E-state index contributed by atoms with van der Waals surface area (Å²) in [6.45, 7) is 1.81. The normalized spacial score (nSPS) is 22.8. The lowest BCUT2D eigenvalue weighted by molar-refractivity contribution is -0.384. The van der Waals surface area contributed by atoms with E-state index < -0.39 is 16.4 Å². The van der Waals surface area contributed by atoms with Gasteiger partial charge in [-0.1, -0.05) is 0 Å². The Bertz CT molecular complexity index is 599. The first-order chi connectivity index (χ1) is 10.0. The molecule has 1 aliphatic carbocycles. The van der Waals surface area contributed by atoms with Crippen LogP contribution in [-0.2, 0) is 4.79 Å². The van der Waals surface area contributed by atoms with E-state index in [0.717, 1.165) is 44.5 Å². The average Bonchev–Trinajstić information content (AvgIpc) is 3.15. The number of nitro groups is 1. The number of halogens is 1. The first-order valence-corrected chi connectivity index (χ1v) is 6.97. The van der Waals surface area contributed by atoms with Crippen molar-refractivity contribution in [1.29, 1.82) is 0 Å². The molecule has 21 heavy (non-hydrogen) atoms. The van der Waals surface area contributed by atoms with E-state index in [2.05, 4.69) is 10.6 Å². The third kappa shape index (κ3) is 2.61. The topological polar surface area (TPSA) is 84.3 Å². The number of piperidine rings is 1. The van der Waals surface area contributed by atoms with E-state index >= 15 is 0 Å². The number of rotatable bonds is 3. The number of nitro benzene ring substituents is 1. The van der Waals surface area contributed by atoms with Crippen LogP contribution in [0.4, 0.5) is 15.8 Å². The predicted octanol–water partition coefficient (Wildman–Crippen LogP) is 2.06. The molecule has 1 aliphatic heterocycles. The van der Waals surface area contributed by atoms with Gasteiger partial charge in [-0.3, -0.25) is 14.9 Å². The number of nitrogens with one attached hydrogen (secondary N) is 2. The largest absolute Gasteiger partial charge is 0.320 e. The Morgan fingerprint density at radius 3 is 2.81 bits per heavy atom. The summed E-state index contributed by atoms with van der Waals surface area (Å²) in [6.07, 6.45) is 2.74. The second-order valence-electron chi connectivity index (χ2n) is 5.78. The van der Waals surface area contributed by atoms with Crippen LogP contribution in [0.3, 0.4) is 0 Å². The fourth-order valence-electron chi connectivity index (χ4n) is 3.18. The summed E-state index contributed by atoms with van der Waals surface area (Å²) in [5.74, 6) is -0.989. The molecule has 1 amide bonds. The first-order valence-electron chi connectivity index (χ1n) is 6.97. The van der Waals surface area contributed by atoms with Crippen LogP contribution in [0.15, 0.2) is 18.2 Å². The van der Waals surface area contributed by atoms with Crippen LogP contribution in [0.25, 0.3) is 0 Å². The van der Waals surface area contributed by atoms with Crippen molar-refractivity contribution in [2.24, 2.45) is 11.3 Å². The SMILES string of the molecule is O=C(Nc1ccc(F)cc1[N+](=O)[O-])C1CC12CCNCC2. The van der Waals surface area contributed by atoms with Gasteiger partial charge in [0.05, 0.1) is 11.0 Å². The minimum atomic E-state index is -0.694. The fourth-order valence-corrected chi connectivity index (χ4v) is 3.18. The first kappa shape index (κ1) is 13.9. The van der Waals surface area contributed by atoms with Gasteiger partial charge in [0, 0.05) is 5.92 Å². The molecule has 0 aromatic heterocycles. The van der Waals surface area contributed by atoms with E-state index in [4.69, 9.17) is 0 Å². The van der Waals surface area contributed by atoms with Crippen LogP contribution in [0, 0.1) is 27.3 Å². The van der Waals surface area contributed by atoms with Crippen molar-refractivity contribution >= 4 is 17.3 Å². The summed E-state index contributed by atoms with van der Waals surface area (Å²) in [5.41, 5.74) is -0.296. The van der Waals surface area contributed by atoms with E-state index in [1.54, 1.807) is 0 Å². The third-order valence-electron chi connectivity index (χ3n) is 4.52. The number of carbonyl (C=O) groups is 1. The molecule has 2 aliphatic rings. The summed E-state index contributed by atoms with van der Waals surface area (Å²) in [4.78, 5) is 22.5. The number of benzene rings is 1. The molecule has 2 N–H and O–H groups in total. The van der Waals surface area contributed by atoms with Crippen LogP contribution in [0.2, 0.25) is 0 Å². The Kier molecular flexibility index (Phi) is 3.36. The van der Waals surface area contributed by atoms with Crippen LogP contribution in [0.5, 0.6) is 0 Å². The molecular weight excluding hydrogens is 277 g/mol. The van der Waals surface area contributed by atoms with Crippen molar-refractivity contribution in [2.75, 3.05) is 18.4 Å². The molecule has 2 fully saturated rings. The highest BCUT2D eigenvalue weighted by Gasteiger charge is 2.57. The minimum absolute atomic E-state index is 0.0578. The van der Waals surface area contributed by atoms with Crippen molar-refractivity contribution in [3.63, 3.8) is 0 Å². The maximum Gasteiger partial charge on any atom is 0.295 e. The van der Waals surface area contributed by atoms with E-state index in [1.807, 2.05) is 0 Å². The Balaban J connectivity index is 1.73. The van der Waals surface area contributed by atoms with Crippen molar-refractivity contribution in [2.45, 2.75) is 19.3 Å². The summed E-state index contributed by atoms with van der Waals surface area (Å²) < 4.78 is 13.1. The molecule has 0 radical (unpaired) electrons. The molecular formula is C14H16FN3O3. The standard InChI is InChI=1S/C14H16FN3O3/c15-9-1-2-11(12(7-9)18(20)21)17-13(19)10-8-14(10)3-5-16-6-4-14/h1-2,7,10,16H,3-6,8H2,(H,17,19). The molecule has 1 atom stereocenters. The van der Waals surface area contributed by atoms with Gasteiger partial charge in [0.1, 0.15) is 11.5 Å². The third-order valence-corrected chi connectivity index (χ3v) is 4.52. The summed E-state index contributed by atoms with van der Waals surface area (Å²) in [5, 5.41) is 16.8.